The molecule has 0 aromatic carbocycles. The lowest BCUT2D eigenvalue weighted by Crippen LogP contribution is -2.50. The van der Waals surface area contributed by atoms with Gasteiger partial charge in [-0.3, -0.25) is 4.90 Å². The molecule has 0 aromatic heterocycles. The Morgan fingerprint density at radius 3 is 2.38 bits per heavy atom. The highest BCUT2D eigenvalue weighted by Crippen LogP contribution is 2.25. The first kappa shape index (κ1) is 11.3. The van der Waals surface area contributed by atoms with Crippen LogP contribution in [0.4, 0.5) is 0 Å². The standard InChI is InChI=1S/C10H21NOS/c1-10(2,8-12)11(3)9-4-6-13-7-5-9/h9,12H,4-8H2,1-3H3. The van der Waals surface area contributed by atoms with E-state index < -0.39 is 0 Å². The highest BCUT2D eigenvalue weighted by molar-refractivity contribution is 7.99. The van der Waals surface area contributed by atoms with Gasteiger partial charge in [0.25, 0.3) is 0 Å². The largest absolute Gasteiger partial charge is 0.394 e. The van der Waals surface area contributed by atoms with Gasteiger partial charge in [0, 0.05) is 11.6 Å². The van der Waals surface area contributed by atoms with Crippen molar-refractivity contribution in [3.05, 3.63) is 0 Å². The molecule has 0 spiro atoms. The van der Waals surface area contributed by atoms with Crippen molar-refractivity contribution in [3.8, 4) is 0 Å². The van der Waals surface area contributed by atoms with E-state index in [-0.39, 0.29) is 12.1 Å². The van der Waals surface area contributed by atoms with E-state index in [0.29, 0.717) is 6.04 Å². The summed E-state index contributed by atoms with van der Waals surface area (Å²) in [7, 11) is 2.14. The van der Waals surface area contributed by atoms with E-state index in [0.717, 1.165) is 0 Å². The fraction of sp³-hybridized carbons (Fsp3) is 1.00. The van der Waals surface area contributed by atoms with Crippen molar-refractivity contribution in [1.29, 1.82) is 0 Å². The van der Waals surface area contributed by atoms with Gasteiger partial charge in [-0.15, -0.1) is 0 Å². The van der Waals surface area contributed by atoms with Crippen molar-refractivity contribution in [2.45, 2.75) is 38.3 Å². The summed E-state index contributed by atoms with van der Waals surface area (Å²) in [5.41, 5.74) is -0.0628. The van der Waals surface area contributed by atoms with Crippen LogP contribution in [0, 0.1) is 0 Å². The Labute approximate surface area is 85.7 Å². The number of hydrogen-bond donors (Lipinski definition) is 1. The van der Waals surface area contributed by atoms with Gasteiger partial charge < -0.3 is 5.11 Å². The highest BCUT2D eigenvalue weighted by atomic mass is 32.2. The normalized spacial score (nSPS) is 21.0. The Hall–Kier alpha value is 0.270. The maximum atomic E-state index is 9.25. The molecular weight excluding hydrogens is 182 g/mol. The summed E-state index contributed by atoms with van der Waals surface area (Å²) in [5.74, 6) is 2.55. The number of thioether (sulfide) groups is 1. The lowest BCUT2D eigenvalue weighted by Gasteiger charge is -2.41. The highest BCUT2D eigenvalue weighted by Gasteiger charge is 2.29. The van der Waals surface area contributed by atoms with Gasteiger partial charge in [-0.25, -0.2) is 0 Å². The monoisotopic (exact) mass is 203 g/mol. The molecular formula is C10H21NOS. The van der Waals surface area contributed by atoms with Gasteiger partial charge in [-0.1, -0.05) is 0 Å². The first-order valence-corrected chi connectivity index (χ1v) is 6.15. The molecule has 13 heavy (non-hydrogen) atoms. The number of rotatable bonds is 3. The van der Waals surface area contributed by atoms with Crippen LogP contribution < -0.4 is 0 Å². The maximum Gasteiger partial charge on any atom is 0.0610 e. The minimum Gasteiger partial charge on any atom is -0.394 e. The molecule has 1 saturated heterocycles. The average Bonchev–Trinajstić information content (AvgIpc) is 2.18. The number of likely N-dealkylation sites (N-methyl/N-ethyl adjacent to an activating group) is 1. The van der Waals surface area contributed by atoms with E-state index in [9.17, 15) is 5.11 Å². The van der Waals surface area contributed by atoms with Gasteiger partial charge in [-0.05, 0) is 45.2 Å². The molecule has 1 rings (SSSR count). The molecule has 0 saturated carbocycles. The van der Waals surface area contributed by atoms with E-state index in [4.69, 9.17) is 0 Å². The quantitative estimate of drug-likeness (QED) is 0.753. The predicted molar refractivity (Wildman–Crippen MR) is 59.3 cm³/mol. The topological polar surface area (TPSA) is 23.5 Å². The van der Waals surface area contributed by atoms with E-state index in [2.05, 4.69) is 25.8 Å². The van der Waals surface area contributed by atoms with Crippen LogP contribution in [-0.2, 0) is 0 Å². The van der Waals surface area contributed by atoms with Crippen molar-refractivity contribution >= 4 is 11.8 Å². The molecule has 1 aliphatic heterocycles. The zero-order valence-electron chi connectivity index (χ0n) is 8.92. The molecule has 0 bridgehead atoms. The number of hydrogen-bond acceptors (Lipinski definition) is 3. The Balaban J connectivity index is 2.49. The fourth-order valence-corrected chi connectivity index (χ4v) is 2.76. The molecule has 0 aliphatic carbocycles. The summed E-state index contributed by atoms with van der Waals surface area (Å²) in [6, 6.07) is 0.670. The molecule has 2 nitrogen and oxygen atoms in total. The van der Waals surface area contributed by atoms with Gasteiger partial charge in [0.1, 0.15) is 0 Å². The molecule has 78 valence electrons. The predicted octanol–water partition coefficient (Wildman–Crippen LogP) is 1.58. The zero-order chi connectivity index (χ0) is 9.90. The molecule has 3 heteroatoms. The molecule has 0 aromatic rings. The van der Waals surface area contributed by atoms with Crippen LogP contribution in [-0.4, -0.2) is 46.7 Å². The number of nitrogens with zero attached hydrogens (tertiary/aromatic N) is 1. The zero-order valence-corrected chi connectivity index (χ0v) is 9.73. The smallest absolute Gasteiger partial charge is 0.0610 e. The minimum atomic E-state index is -0.0628. The SMILES string of the molecule is CN(C1CCSCC1)C(C)(C)CO. The summed E-state index contributed by atoms with van der Waals surface area (Å²) < 4.78 is 0. The third kappa shape index (κ3) is 2.86. The second-order valence-electron chi connectivity index (χ2n) is 4.42. The molecule has 1 N–H and O–H groups in total. The Bertz CT molecular complexity index is 155. The summed E-state index contributed by atoms with van der Waals surface area (Å²) in [4.78, 5) is 2.34. The van der Waals surface area contributed by atoms with Crippen LogP contribution in [0.2, 0.25) is 0 Å². The van der Waals surface area contributed by atoms with Crippen LogP contribution in [0.3, 0.4) is 0 Å². The molecule has 0 unspecified atom stereocenters. The number of aliphatic hydroxyl groups excluding tert-OH is 1. The van der Waals surface area contributed by atoms with Crippen LogP contribution in [0.5, 0.6) is 0 Å². The molecule has 1 fully saturated rings. The van der Waals surface area contributed by atoms with Crippen molar-refractivity contribution in [2.24, 2.45) is 0 Å². The van der Waals surface area contributed by atoms with Gasteiger partial charge in [-0.2, -0.15) is 11.8 Å². The van der Waals surface area contributed by atoms with Gasteiger partial charge in [0.2, 0.25) is 0 Å². The van der Waals surface area contributed by atoms with E-state index in [1.165, 1.54) is 24.3 Å². The second-order valence-corrected chi connectivity index (χ2v) is 5.65. The summed E-state index contributed by atoms with van der Waals surface area (Å²) in [5, 5.41) is 9.25. The van der Waals surface area contributed by atoms with E-state index in [1.807, 2.05) is 11.8 Å². The minimum absolute atomic E-state index is 0.0628. The van der Waals surface area contributed by atoms with Crippen LogP contribution >= 0.6 is 11.8 Å². The average molecular weight is 203 g/mol. The lowest BCUT2D eigenvalue weighted by atomic mass is 9.99. The fourth-order valence-electron chi connectivity index (χ4n) is 1.68. The van der Waals surface area contributed by atoms with Crippen molar-refractivity contribution < 1.29 is 5.11 Å². The van der Waals surface area contributed by atoms with Gasteiger partial charge >= 0.3 is 0 Å². The summed E-state index contributed by atoms with van der Waals surface area (Å²) >= 11 is 2.05. The third-order valence-electron chi connectivity index (χ3n) is 3.08. The summed E-state index contributed by atoms with van der Waals surface area (Å²) in [6.45, 7) is 4.46. The van der Waals surface area contributed by atoms with Crippen molar-refractivity contribution in [3.63, 3.8) is 0 Å². The maximum absolute atomic E-state index is 9.25. The van der Waals surface area contributed by atoms with Crippen LogP contribution in [0.15, 0.2) is 0 Å². The lowest BCUT2D eigenvalue weighted by molar-refractivity contribution is 0.0420. The molecule has 0 radical (unpaired) electrons. The third-order valence-corrected chi connectivity index (χ3v) is 4.13. The molecule has 0 atom stereocenters. The van der Waals surface area contributed by atoms with E-state index in [1.54, 1.807) is 0 Å². The first-order chi connectivity index (χ1) is 6.08. The van der Waals surface area contributed by atoms with Crippen LogP contribution in [0.25, 0.3) is 0 Å². The Morgan fingerprint density at radius 2 is 1.92 bits per heavy atom. The Morgan fingerprint density at radius 1 is 1.38 bits per heavy atom. The first-order valence-electron chi connectivity index (χ1n) is 4.99. The van der Waals surface area contributed by atoms with Gasteiger partial charge in [0.05, 0.1) is 6.61 Å². The Kier molecular flexibility index (Phi) is 4.07. The van der Waals surface area contributed by atoms with Crippen LogP contribution in [0.1, 0.15) is 26.7 Å². The number of aliphatic hydroxyl groups is 1. The van der Waals surface area contributed by atoms with Gasteiger partial charge in [0.15, 0.2) is 0 Å². The van der Waals surface area contributed by atoms with E-state index >= 15 is 0 Å². The molecule has 1 aliphatic rings. The summed E-state index contributed by atoms with van der Waals surface area (Å²) in [6.07, 6.45) is 2.54. The molecule has 0 amide bonds. The molecule has 1 heterocycles. The van der Waals surface area contributed by atoms with Crippen molar-refractivity contribution in [2.75, 3.05) is 25.2 Å². The second kappa shape index (κ2) is 4.67. The van der Waals surface area contributed by atoms with Crippen molar-refractivity contribution in [1.82, 2.24) is 4.90 Å².